The van der Waals surface area contributed by atoms with Crippen LogP contribution >= 0.6 is 0 Å². The summed E-state index contributed by atoms with van der Waals surface area (Å²) in [6.07, 6.45) is 4.73. The van der Waals surface area contributed by atoms with E-state index in [1.165, 1.54) is 0 Å². The highest BCUT2D eigenvalue weighted by molar-refractivity contribution is 5.76. The van der Waals surface area contributed by atoms with E-state index in [-0.39, 0.29) is 12.0 Å². The van der Waals surface area contributed by atoms with Crippen molar-refractivity contribution >= 4 is 11.7 Å². The van der Waals surface area contributed by atoms with E-state index in [9.17, 15) is 4.79 Å². The van der Waals surface area contributed by atoms with Gasteiger partial charge in [0, 0.05) is 46.6 Å². The van der Waals surface area contributed by atoms with E-state index in [0.717, 1.165) is 55.9 Å². The van der Waals surface area contributed by atoms with Gasteiger partial charge in [0.25, 0.3) is 0 Å². The van der Waals surface area contributed by atoms with Gasteiger partial charge in [0.2, 0.25) is 5.91 Å². The lowest BCUT2D eigenvalue weighted by Gasteiger charge is -2.29. The van der Waals surface area contributed by atoms with Gasteiger partial charge in [-0.3, -0.25) is 4.79 Å². The summed E-state index contributed by atoms with van der Waals surface area (Å²) in [4.78, 5) is 16.3. The topological polar surface area (TPSA) is 58.6 Å². The molecule has 1 fully saturated rings. The maximum Gasteiger partial charge on any atom is 0.222 e. The number of hydrogen-bond donors (Lipinski definition) is 0. The van der Waals surface area contributed by atoms with Crippen molar-refractivity contribution in [1.29, 1.82) is 0 Å². The Morgan fingerprint density at radius 3 is 3.05 bits per heavy atom. The molecule has 3 rings (SSSR count). The molecule has 1 aromatic heterocycles. The fourth-order valence-electron chi connectivity index (χ4n) is 3.06. The Balaban J connectivity index is 1.60. The molecule has 3 heterocycles. The van der Waals surface area contributed by atoms with E-state index in [0.29, 0.717) is 13.0 Å². The quantitative estimate of drug-likeness (QED) is 0.841. The standard InChI is InChI=1S/C16H24N4O2/c1-19(2)15-10-12-11-20(8-7-14(12)17-18-15)16(21)6-5-13-4-3-9-22-13/h10,13H,3-9,11H2,1-2H3. The summed E-state index contributed by atoms with van der Waals surface area (Å²) in [7, 11) is 3.90. The third kappa shape index (κ3) is 3.38. The Labute approximate surface area is 131 Å². The molecule has 1 amide bonds. The van der Waals surface area contributed by atoms with Crippen molar-refractivity contribution in [2.75, 3.05) is 32.1 Å². The normalized spacial score (nSPS) is 20.8. The largest absolute Gasteiger partial charge is 0.378 e. The van der Waals surface area contributed by atoms with E-state index in [1.54, 1.807) is 0 Å². The Hall–Kier alpha value is -1.69. The maximum absolute atomic E-state index is 12.4. The second kappa shape index (κ2) is 6.60. The SMILES string of the molecule is CN(C)c1cc2c(nn1)CCN(C(=O)CCC1CCCO1)C2. The van der Waals surface area contributed by atoms with Crippen LogP contribution in [0.5, 0.6) is 0 Å². The number of aromatic nitrogens is 2. The molecule has 6 nitrogen and oxygen atoms in total. The van der Waals surface area contributed by atoms with Crippen LogP contribution in [0.3, 0.4) is 0 Å². The van der Waals surface area contributed by atoms with Gasteiger partial charge in [-0.15, -0.1) is 5.10 Å². The van der Waals surface area contributed by atoms with Gasteiger partial charge in [0.1, 0.15) is 0 Å². The maximum atomic E-state index is 12.4. The lowest BCUT2D eigenvalue weighted by Crippen LogP contribution is -2.37. The molecular weight excluding hydrogens is 280 g/mol. The summed E-state index contributed by atoms with van der Waals surface area (Å²) in [5.41, 5.74) is 2.14. The molecule has 0 radical (unpaired) electrons. The average Bonchev–Trinajstić information content (AvgIpc) is 3.04. The van der Waals surface area contributed by atoms with Crippen LogP contribution in [0.15, 0.2) is 6.07 Å². The number of fused-ring (bicyclic) bond motifs is 1. The molecule has 1 atom stereocenters. The highest BCUT2D eigenvalue weighted by Crippen LogP contribution is 2.22. The summed E-state index contributed by atoms with van der Waals surface area (Å²) in [5.74, 6) is 1.07. The first-order chi connectivity index (χ1) is 10.6. The lowest BCUT2D eigenvalue weighted by molar-refractivity contribution is -0.132. The number of carbonyl (C=O) groups excluding carboxylic acids is 1. The van der Waals surface area contributed by atoms with Crippen LogP contribution in [-0.2, 0) is 22.5 Å². The fourth-order valence-corrected chi connectivity index (χ4v) is 3.06. The van der Waals surface area contributed by atoms with Gasteiger partial charge in [-0.2, -0.15) is 5.10 Å². The highest BCUT2D eigenvalue weighted by Gasteiger charge is 2.24. The van der Waals surface area contributed by atoms with Crippen LogP contribution < -0.4 is 4.90 Å². The molecule has 2 aliphatic rings. The molecule has 6 heteroatoms. The van der Waals surface area contributed by atoms with E-state index >= 15 is 0 Å². The number of rotatable bonds is 4. The smallest absolute Gasteiger partial charge is 0.222 e. The minimum Gasteiger partial charge on any atom is -0.378 e. The van der Waals surface area contributed by atoms with Crippen molar-refractivity contribution in [3.05, 3.63) is 17.3 Å². The zero-order valence-corrected chi connectivity index (χ0v) is 13.4. The zero-order valence-electron chi connectivity index (χ0n) is 13.4. The molecule has 0 aliphatic carbocycles. The minimum atomic E-state index is 0.226. The van der Waals surface area contributed by atoms with Crippen LogP contribution in [0.2, 0.25) is 0 Å². The van der Waals surface area contributed by atoms with Crippen molar-refractivity contribution in [2.45, 2.75) is 44.8 Å². The van der Waals surface area contributed by atoms with Gasteiger partial charge in [-0.05, 0) is 30.9 Å². The second-order valence-corrected chi connectivity index (χ2v) is 6.31. The minimum absolute atomic E-state index is 0.226. The average molecular weight is 304 g/mol. The van der Waals surface area contributed by atoms with Crippen LogP contribution in [0, 0.1) is 0 Å². The number of nitrogens with zero attached hydrogens (tertiary/aromatic N) is 4. The van der Waals surface area contributed by atoms with Crippen LogP contribution in [0.25, 0.3) is 0 Å². The monoisotopic (exact) mass is 304 g/mol. The number of carbonyl (C=O) groups is 1. The summed E-state index contributed by atoms with van der Waals surface area (Å²) >= 11 is 0. The Kier molecular flexibility index (Phi) is 4.57. The van der Waals surface area contributed by atoms with Crippen molar-refractivity contribution in [1.82, 2.24) is 15.1 Å². The number of ether oxygens (including phenoxy) is 1. The Morgan fingerprint density at radius 2 is 2.32 bits per heavy atom. The zero-order chi connectivity index (χ0) is 15.5. The predicted octanol–water partition coefficient (Wildman–Crippen LogP) is 1.39. The summed E-state index contributed by atoms with van der Waals surface area (Å²) in [6.45, 7) is 2.24. The van der Waals surface area contributed by atoms with E-state index in [2.05, 4.69) is 10.2 Å². The first kappa shape index (κ1) is 15.2. The molecule has 0 spiro atoms. The number of hydrogen-bond acceptors (Lipinski definition) is 5. The Bertz CT molecular complexity index is 541. The van der Waals surface area contributed by atoms with Crippen molar-refractivity contribution in [2.24, 2.45) is 0 Å². The van der Waals surface area contributed by atoms with Crippen molar-refractivity contribution in [3.8, 4) is 0 Å². The predicted molar refractivity (Wildman–Crippen MR) is 83.7 cm³/mol. The molecule has 1 unspecified atom stereocenters. The first-order valence-electron chi connectivity index (χ1n) is 8.05. The van der Waals surface area contributed by atoms with Gasteiger partial charge in [0.15, 0.2) is 5.82 Å². The molecule has 0 N–H and O–H groups in total. The summed E-state index contributed by atoms with van der Waals surface area (Å²) < 4.78 is 5.59. The van der Waals surface area contributed by atoms with E-state index in [1.807, 2.05) is 30.0 Å². The Morgan fingerprint density at radius 1 is 1.45 bits per heavy atom. The molecular formula is C16H24N4O2. The lowest BCUT2D eigenvalue weighted by atomic mass is 10.0. The molecule has 2 aliphatic heterocycles. The van der Waals surface area contributed by atoms with Gasteiger partial charge in [-0.1, -0.05) is 0 Å². The van der Waals surface area contributed by atoms with Gasteiger partial charge < -0.3 is 14.5 Å². The highest BCUT2D eigenvalue weighted by atomic mass is 16.5. The number of amides is 1. The van der Waals surface area contributed by atoms with Crippen LogP contribution in [0.1, 0.15) is 36.9 Å². The molecule has 0 aromatic carbocycles. The third-order valence-electron chi connectivity index (χ3n) is 4.44. The summed E-state index contributed by atoms with van der Waals surface area (Å²) in [5, 5.41) is 8.50. The first-order valence-corrected chi connectivity index (χ1v) is 8.05. The molecule has 22 heavy (non-hydrogen) atoms. The molecule has 0 bridgehead atoms. The molecule has 1 saturated heterocycles. The third-order valence-corrected chi connectivity index (χ3v) is 4.44. The summed E-state index contributed by atoms with van der Waals surface area (Å²) in [6, 6.07) is 2.04. The van der Waals surface area contributed by atoms with Crippen LogP contribution in [-0.4, -0.2) is 54.4 Å². The molecule has 120 valence electrons. The van der Waals surface area contributed by atoms with E-state index < -0.39 is 0 Å². The van der Waals surface area contributed by atoms with Crippen LogP contribution in [0.4, 0.5) is 5.82 Å². The van der Waals surface area contributed by atoms with Crippen molar-refractivity contribution in [3.63, 3.8) is 0 Å². The molecule has 1 aromatic rings. The van der Waals surface area contributed by atoms with Gasteiger partial charge in [0.05, 0.1) is 11.8 Å². The molecule has 0 saturated carbocycles. The second-order valence-electron chi connectivity index (χ2n) is 6.31. The number of anilines is 1. The van der Waals surface area contributed by atoms with Gasteiger partial charge >= 0.3 is 0 Å². The van der Waals surface area contributed by atoms with Gasteiger partial charge in [-0.25, -0.2) is 0 Å². The fraction of sp³-hybridized carbons (Fsp3) is 0.688. The van der Waals surface area contributed by atoms with Crippen molar-refractivity contribution < 1.29 is 9.53 Å². The van der Waals surface area contributed by atoms with E-state index in [4.69, 9.17) is 4.74 Å².